The molecule has 0 unspecified atom stereocenters. The number of nitrogens with zero attached hydrogens (tertiary/aromatic N) is 1. The fourth-order valence-corrected chi connectivity index (χ4v) is 2.50. The number of esters is 2. The molecular formula is C20H19NO7. The fraction of sp³-hybridized carbons (Fsp3) is 0.250. The van der Waals surface area contributed by atoms with E-state index in [0.29, 0.717) is 5.56 Å². The number of nitro groups is 1. The summed E-state index contributed by atoms with van der Waals surface area (Å²) in [5.74, 6) is -2.15. The summed E-state index contributed by atoms with van der Waals surface area (Å²) in [5, 5.41) is 11.1. The van der Waals surface area contributed by atoms with E-state index in [1.54, 1.807) is 26.0 Å². The monoisotopic (exact) mass is 385 g/mol. The van der Waals surface area contributed by atoms with E-state index in [1.807, 2.05) is 13.0 Å². The zero-order valence-corrected chi connectivity index (χ0v) is 15.7. The molecule has 2 rings (SSSR count). The third-order valence-electron chi connectivity index (χ3n) is 3.90. The van der Waals surface area contributed by atoms with Gasteiger partial charge in [0.2, 0.25) is 5.78 Å². The van der Waals surface area contributed by atoms with Crippen molar-refractivity contribution >= 4 is 23.4 Å². The van der Waals surface area contributed by atoms with Crippen molar-refractivity contribution < 1.29 is 28.8 Å². The summed E-state index contributed by atoms with van der Waals surface area (Å²) in [7, 11) is 0. The van der Waals surface area contributed by atoms with Crippen molar-refractivity contribution in [3.63, 3.8) is 0 Å². The number of rotatable bonds is 7. The predicted molar refractivity (Wildman–Crippen MR) is 99.6 cm³/mol. The summed E-state index contributed by atoms with van der Waals surface area (Å²) >= 11 is 0. The molecule has 8 nitrogen and oxygen atoms in total. The molecular weight excluding hydrogens is 366 g/mol. The first-order chi connectivity index (χ1) is 13.2. The van der Waals surface area contributed by atoms with Crippen LogP contribution >= 0.6 is 0 Å². The van der Waals surface area contributed by atoms with Gasteiger partial charge in [-0.15, -0.1) is 0 Å². The molecule has 2 aromatic rings. The Hall–Kier alpha value is -3.55. The van der Waals surface area contributed by atoms with Gasteiger partial charge in [0.25, 0.3) is 5.69 Å². The second-order valence-electron chi connectivity index (χ2n) is 6.06. The first-order valence-corrected chi connectivity index (χ1v) is 8.47. The Balaban J connectivity index is 2.21. The SMILES string of the molecule is CCOC(=O)c1cc(C(=O)OCC(=O)c2cc(C)ccc2C)cc([N+](=O)[O-])c1. The Bertz CT molecular complexity index is 950. The van der Waals surface area contributed by atoms with Crippen LogP contribution in [0.25, 0.3) is 0 Å². The van der Waals surface area contributed by atoms with Gasteiger partial charge in [-0.25, -0.2) is 9.59 Å². The predicted octanol–water partition coefficient (Wildman–Crippen LogP) is 3.43. The van der Waals surface area contributed by atoms with Crippen LogP contribution in [0.15, 0.2) is 36.4 Å². The molecule has 0 saturated carbocycles. The number of hydrogen-bond donors (Lipinski definition) is 0. The molecule has 0 N–H and O–H groups in total. The van der Waals surface area contributed by atoms with Crippen LogP contribution in [0, 0.1) is 24.0 Å². The summed E-state index contributed by atoms with van der Waals surface area (Å²) in [6.45, 7) is 4.73. The van der Waals surface area contributed by atoms with E-state index in [1.165, 1.54) is 0 Å². The number of carbonyl (C=O) groups is 3. The number of non-ortho nitro benzene ring substituents is 1. The number of ketones is 1. The van der Waals surface area contributed by atoms with Crippen LogP contribution in [0.2, 0.25) is 0 Å². The number of nitro benzene ring substituents is 1. The molecule has 0 heterocycles. The second kappa shape index (κ2) is 8.90. The number of benzene rings is 2. The standard InChI is InChI=1S/C20H19NO7/c1-4-27-19(23)14-8-15(10-16(9-14)21(25)26)20(24)28-11-18(22)17-7-12(2)5-6-13(17)3/h5-10H,4,11H2,1-3H3. The number of Topliss-reactive ketones (excluding diaryl/α,β-unsaturated/α-hetero) is 1. The minimum atomic E-state index is -0.951. The van der Waals surface area contributed by atoms with Crippen molar-refractivity contribution in [2.24, 2.45) is 0 Å². The Morgan fingerprint density at radius 2 is 1.57 bits per heavy atom. The van der Waals surface area contributed by atoms with Crippen LogP contribution in [-0.4, -0.2) is 35.9 Å². The van der Waals surface area contributed by atoms with Gasteiger partial charge in [-0.3, -0.25) is 14.9 Å². The molecule has 8 heteroatoms. The highest BCUT2D eigenvalue weighted by Crippen LogP contribution is 2.19. The van der Waals surface area contributed by atoms with Crippen molar-refractivity contribution in [1.82, 2.24) is 0 Å². The quantitative estimate of drug-likeness (QED) is 0.310. The summed E-state index contributed by atoms with van der Waals surface area (Å²) in [5.41, 5.74) is 1.23. The molecule has 0 aliphatic heterocycles. The number of carbonyl (C=O) groups excluding carboxylic acids is 3. The maximum Gasteiger partial charge on any atom is 0.338 e. The van der Waals surface area contributed by atoms with Gasteiger partial charge in [-0.1, -0.05) is 17.7 Å². The molecule has 0 atom stereocenters. The molecule has 0 saturated heterocycles. The molecule has 0 aliphatic carbocycles. The fourth-order valence-electron chi connectivity index (χ4n) is 2.50. The van der Waals surface area contributed by atoms with Crippen LogP contribution in [-0.2, 0) is 9.47 Å². The zero-order chi connectivity index (χ0) is 20.8. The lowest BCUT2D eigenvalue weighted by Crippen LogP contribution is -2.16. The molecule has 0 aliphatic rings. The Morgan fingerprint density at radius 1 is 0.964 bits per heavy atom. The molecule has 0 spiro atoms. The van der Waals surface area contributed by atoms with Crippen LogP contribution in [0.3, 0.4) is 0 Å². The van der Waals surface area contributed by atoms with Crippen molar-refractivity contribution in [2.45, 2.75) is 20.8 Å². The van der Waals surface area contributed by atoms with Crippen molar-refractivity contribution in [2.75, 3.05) is 13.2 Å². The van der Waals surface area contributed by atoms with Crippen LogP contribution in [0.1, 0.15) is 49.1 Å². The summed E-state index contributed by atoms with van der Waals surface area (Å²) in [6.07, 6.45) is 0. The van der Waals surface area contributed by atoms with Crippen molar-refractivity contribution in [3.8, 4) is 0 Å². The van der Waals surface area contributed by atoms with Gasteiger partial charge in [0, 0.05) is 17.7 Å². The molecule has 28 heavy (non-hydrogen) atoms. The van der Waals surface area contributed by atoms with Gasteiger partial charge in [0.05, 0.1) is 22.7 Å². The summed E-state index contributed by atoms with van der Waals surface area (Å²) in [4.78, 5) is 46.8. The van der Waals surface area contributed by atoms with Crippen LogP contribution < -0.4 is 0 Å². The van der Waals surface area contributed by atoms with Crippen LogP contribution in [0.4, 0.5) is 5.69 Å². The summed E-state index contributed by atoms with van der Waals surface area (Å²) < 4.78 is 9.82. The number of hydrogen-bond acceptors (Lipinski definition) is 7. The van der Waals surface area contributed by atoms with E-state index >= 15 is 0 Å². The van der Waals surface area contributed by atoms with Crippen molar-refractivity contribution in [1.29, 1.82) is 0 Å². The molecule has 2 aromatic carbocycles. The minimum absolute atomic E-state index is 0.0750. The average Bonchev–Trinajstić information content (AvgIpc) is 2.67. The lowest BCUT2D eigenvalue weighted by atomic mass is 10.0. The van der Waals surface area contributed by atoms with Gasteiger partial charge in [-0.2, -0.15) is 0 Å². The molecule has 0 amide bonds. The van der Waals surface area contributed by atoms with Crippen LogP contribution in [0.5, 0.6) is 0 Å². The molecule has 0 aromatic heterocycles. The number of aryl methyl sites for hydroxylation is 2. The van der Waals surface area contributed by atoms with Crippen molar-refractivity contribution in [3.05, 3.63) is 74.3 Å². The van der Waals surface area contributed by atoms with E-state index in [4.69, 9.17) is 9.47 Å². The first-order valence-electron chi connectivity index (χ1n) is 8.47. The summed E-state index contributed by atoms with van der Waals surface area (Å²) in [6, 6.07) is 8.46. The van der Waals surface area contributed by atoms with Gasteiger partial charge >= 0.3 is 11.9 Å². The Morgan fingerprint density at radius 3 is 2.14 bits per heavy atom. The van der Waals surface area contributed by atoms with Gasteiger partial charge in [0.1, 0.15) is 0 Å². The van der Waals surface area contributed by atoms with E-state index in [-0.39, 0.29) is 17.7 Å². The second-order valence-corrected chi connectivity index (χ2v) is 6.06. The zero-order valence-electron chi connectivity index (χ0n) is 15.7. The topological polar surface area (TPSA) is 113 Å². The largest absolute Gasteiger partial charge is 0.462 e. The normalized spacial score (nSPS) is 10.2. The first kappa shape index (κ1) is 20.8. The van der Waals surface area contributed by atoms with Gasteiger partial charge in [0.15, 0.2) is 6.61 Å². The third-order valence-corrected chi connectivity index (χ3v) is 3.90. The highest BCUT2D eigenvalue weighted by molar-refractivity contribution is 6.01. The van der Waals surface area contributed by atoms with E-state index in [2.05, 4.69) is 0 Å². The minimum Gasteiger partial charge on any atom is -0.462 e. The van der Waals surface area contributed by atoms with E-state index in [0.717, 1.165) is 29.3 Å². The molecule has 0 fully saturated rings. The highest BCUT2D eigenvalue weighted by Gasteiger charge is 2.20. The molecule has 0 bridgehead atoms. The maximum atomic E-state index is 12.3. The molecule has 0 radical (unpaired) electrons. The lowest BCUT2D eigenvalue weighted by Gasteiger charge is -2.08. The number of ether oxygens (including phenoxy) is 2. The Kier molecular flexibility index (Phi) is 6.59. The smallest absolute Gasteiger partial charge is 0.338 e. The van der Waals surface area contributed by atoms with E-state index < -0.39 is 34.9 Å². The van der Waals surface area contributed by atoms with Gasteiger partial charge < -0.3 is 9.47 Å². The third kappa shape index (κ3) is 5.00. The van der Waals surface area contributed by atoms with E-state index in [9.17, 15) is 24.5 Å². The maximum absolute atomic E-state index is 12.3. The lowest BCUT2D eigenvalue weighted by molar-refractivity contribution is -0.384. The average molecular weight is 385 g/mol. The molecule has 146 valence electrons. The Labute approximate surface area is 161 Å². The highest BCUT2D eigenvalue weighted by atomic mass is 16.6. The van der Waals surface area contributed by atoms with Gasteiger partial charge in [-0.05, 0) is 38.5 Å².